The average Bonchev–Trinajstić information content (AvgIpc) is 2.97. The monoisotopic (exact) mass is 336 g/mol. The summed E-state index contributed by atoms with van der Waals surface area (Å²) in [5.74, 6) is -0.329. The average molecular weight is 336 g/mol. The van der Waals surface area contributed by atoms with Crippen LogP contribution in [0.2, 0.25) is 0 Å². The highest BCUT2D eigenvalue weighted by molar-refractivity contribution is 8.00. The summed E-state index contributed by atoms with van der Waals surface area (Å²) < 4.78 is 0. The maximum atomic E-state index is 12.1. The van der Waals surface area contributed by atoms with E-state index in [0.717, 1.165) is 42.6 Å². The minimum atomic E-state index is -0.439. The Balaban J connectivity index is 1.88. The van der Waals surface area contributed by atoms with E-state index < -0.39 is 11.3 Å². The van der Waals surface area contributed by atoms with Crippen molar-refractivity contribution >= 4 is 23.7 Å². The van der Waals surface area contributed by atoms with Crippen LogP contribution in [0.3, 0.4) is 0 Å². The zero-order valence-electron chi connectivity index (χ0n) is 14.1. The molecule has 0 aromatic carbocycles. The number of urea groups is 1. The Labute approximate surface area is 141 Å². The molecule has 0 aliphatic heterocycles. The van der Waals surface area contributed by atoms with Crippen LogP contribution in [-0.4, -0.2) is 33.2 Å². The molecule has 1 unspecified atom stereocenters. The summed E-state index contributed by atoms with van der Waals surface area (Å²) in [6.45, 7) is 7.57. The fourth-order valence-corrected chi connectivity index (χ4v) is 3.37. The van der Waals surface area contributed by atoms with Gasteiger partial charge in [-0.05, 0) is 46.1 Å². The maximum Gasteiger partial charge on any atom is 0.321 e. The first kappa shape index (κ1) is 17.7. The van der Waals surface area contributed by atoms with Crippen molar-refractivity contribution in [2.45, 2.75) is 69.8 Å². The molecule has 1 atom stereocenters. The van der Waals surface area contributed by atoms with Crippen molar-refractivity contribution in [3.63, 3.8) is 0 Å². The lowest BCUT2D eigenvalue weighted by Gasteiger charge is -2.15. The van der Waals surface area contributed by atoms with Crippen LogP contribution in [0.4, 0.5) is 4.79 Å². The van der Waals surface area contributed by atoms with E-state index in [-0.39, 0.29) is 11.9 Å². The molecule has 1 saturated carbocycles. The summed E-state index contributed by atoms with van der Waals surface area (Å²) in [4.78, 5) is 32.7. The van der Waals surface area contributed by atoms with Crippen LogP contribution in [0.5, 0.6) is 0 Å². The highest BCUT2D eigenvalue weighted by atomic mass is 32.2. The molecule has 0 radical (unpaired) electrons. The Kier molecular flexibility index (Phi) is 5.98. The Bertz CT molecular complexity index is 577. The van der Waals surface area contributed by atoms with Gasteiger partial charge >= 0.3 is 6.03 Å². The molecule has 1 heterocycles. The third-order valence-corrected chi connectivity index (χ3v) is 5.15. The second kappa shape index (κ2) is 7.77. The lowest BCUT2D eigenvalue weighted by molar-refractivity contribution is -0.119. The van der Waals surface area contributed by atoms with Crippen molar-refractivity contribution < 1.29 is 9.59 Å². The second-order valence-corrected chi connectivity index (χ2v) is 7.31. The summed E-state index contributed by atoms with van der Waals surface area (Å²) in [5.41, 5.74) is 2.88. The molecule has 2 rings (SSSR count). The Morgan fingerprint density at radius 3 is 2.26 bits per heavy atom. The van der Waals surface area contributed by atoms with E-state index in [1.807, 2.05) is 20.8 Å². The Morgan fingerprint density at radius 1 is 1.13 bits per heavy atom. The van der Waals surface area contributed by atoms with E-state index in [9.17, 15) is 9.59 Å². The van der Waals surface area contributed by atoms with Gasteiger partial charge in [0.1, 0.15) is 0 Å². The van der Waals surface area contributed by atoms with Crippen molar-refractivity contribution in [3.8, 4) is 0 Å². The molecule has 0 spiro atoms. The minimum Gasteiger partial charge on any atom is -0.335 e. The zero-order chi connectivity index (χ0) is 17.0. The second-order valence-electron chi connectivity index (χ2n) is 6.01. The lowest BCUT2D eigenvalue weighted by Crippen LogP contribution is -2.45. The van der Waals surface area contributed by atoms with Gasteiger partial charge in [-0.15, -0.1) is 0 Å². The van der Waals surface area contributed by atoms with E-state index in [1.54, 1.807) is 6.92 Å². The zero-order valence-corrected chi connectivity index (χ0v) is 14.9. The van der Waals surface area contributed by atoms with Gasteiger partial charge < -0.3 is 5.32 Å². The summed E-state index contributed by atoms with van der Waals surface area (Å²) in [5, 5.41) is 5.37. The number of aromatic nitrogens is 2. The van der Waals surface area contributed by atoms with Gasteiger partial charge in [-0.3, -0.25) is 10.1 Å². The number of carbonyl (C=O) groups excluding carboxylic acids is 2. The number of carbonyl (C=O) groups is 2. The summed E-state index contributed by atoms with van der Waals surface area (Å²) >= 11 is 1.26. The van der Waals surface area contributed by atoms with Crippen molar-refractivity contribution in [2.24, 2.45) is 0 Å². The van der Waals surface area contributed by atoms with Crippen LogP contribution in [0, 0.1) is 20.8 Å². The summed E-state index contributed by atoms with van der Waals surface area (Å²) in [6, 6.07) is -0.219. The van der Waals surface area contributed by atoms with Crippen molar-refractivity contribution in [1.82, 2.24) is 20.6 Å². The van der Waals surface area contributed by atoms with Crippen LogP contribution in [-0.2, 0) is 4.79 Å². The predicted octanol–water partition coefficient (Wildman–Crippen LogP) is 2.65. The van der Waals surface area contributed by atoms with E-state index in [0.29, 0.717) is 5.16 Å². The number of imide groups is 1. The van der Waals surface area contributed by atoms with E-state index >= 15 is 0 Å². The van der Waals surface area contributed by atoms with Gasteiger partial charge in [-0.25, -0.2) is 14.8 Å². The van der Waals surface area contributed by atoms with Gasteiger partial charge in [-0.1, -0.05) is 24.6 Å². The highest BCUT2D eigenvalue weighted by Gasteiger charge is 2.22. The predicted molar refractivity (Wildman–Crippen MR) is 90.5 cm³/mol. The van der Waals surface area contributed by atoms with Gasteiger partial charge in [0.15, 0.2) is 5.16 Å². The molecule has 23 heavy (non-hydrogen) atoms. The molecule has 2 N–H and O–H groups in total. The molecule has 1 fully saturated rings. The largest absolute Gasteiger partial charge is 0.335 e. The number of hydrogen-bond acceptors (Lipinski definition) is 5. The van der Waals surface area contributed by atoms with E-state index in [2.05, 4.69) is 20.6 Å². The van der Waals surface area contributed by atoms with E-state index in [1.165, 1.54) is 11.8 Å². The molecule has 1 aliphatic carbocycles. The van der Waals surface area contributed by atoms with Crippen LogP contribution in [0.1, 0.15) is 49.6 Å². The minimum absolute atomic E-state index is 0.191. The Hall–Kier alpha value is -1.63. The fraction of sp³-hybridized carbons (Fsp3) is 0.625. The number of amides is 3. The number of aryl methyl sites for hydroxylation is 2. The molecule has 1 aromatic heterocycles. The molecular formula is C16H24N4O2S. The van der Waals surface area contributed by atoms with Gasteiger partial charge in [0.25, 0.3) is 0 Å². The SMILES string of the molecule is Cc1nc(SC(C)C(=O)NC(=O)NC2CCCC2)nc(C)c1C. The molecule has 0 saturated heterocycles. The van der Waals surface area contributed by atoms with Crippen LogP contribution >= 0.6 is 11.8 Å². The van der Waals surface area contributed by atoms with Gasteiger partial charge in [0, 0.05) is 17.4 Å². The van der Waals surface area contributed by atoms with Crippen molar-refractivity contribution in [2.75, 3.05) is 0 Å². The summed E-state index contributed by atoms with van der Waals surface area (Å²) in [6.07, 6.45) is 4.24. The Morgan fingerprint density at radius 2 is 1.70 bits per heavy atom. The van der Waals surface area contributed by atoms with Gasteiger partial charge in [0.2, 0.25) is 5.91 Å². The standard InChI is InChI=1S/C16H24N4O2S/c1-9-10(2)17-16(18-11(9)3)23-12(4)14(21)20-15(22)19-13-7-5-6-8-13/h12-13H,5-8H2,1-4H3,(H2,19,20,21,22). The lowest BCUT2D eigenvalue weighted by atomic mass is 10.2. The van der Waals surface area contributed by atoms with Crippen LogP contribution < -0.4 is 10.6 Å². The molecule has 1 aromatic rings. The van der Waals surface area contributed by atoms with Gasteiger partial charge in [-0.2, -0.15) is 0 Å². The fourth-order valence-electron chi connectivity index (χ4n) is 2.51. The third kappa shape index (κ3) is 4.92. The first-order chi connectivity index (χ1) is 10.9. The van der Waals surface area contributed by atoms with Crippen LogP contribution in [0.15, 0.2) is 5.16 Å². The molecule has 3 amide bonds. The number of hydrogen-bond donors (Lipinski definition) is 2. The topological polar surface area (TPSA) is 84.0 Å². The molecule has 6 nitrogen and oxygen atoms in total. The number of nitrogens with zero attached hydrogens (tertiary/aromatic N) is 2. The van der Waals surface area contributed by atoms with Crippen LogP contribution in [0.25, 0.3) is 0 Å². The van der Waals surface area contributed by atoms with Gasteiger partial charge in [0.05, 0.1) is 5.25 Å². The number of rotatable bonds is 4. The molecule has 7 heteroatoms. The van der Waals surface area contributed by atoms with E-state index in [4.69, 9.17) is 0 Å². The smallest absolute Gasteiger partial charge is 0.321 e. The molecule has 0 bridgehead atoms. The molecule has 126 valence electrons. The van der Waals surface area contributed by atoms with Crippen molar-refractivity contribution in [3.05, 3.63) is 17.0 Å². The maximum absolute atomic E-state index is 12.1. The summed E-state index contributed by atoms with van der Waals surface area (Å²) in [7, 11) is 0. The highest BCUT2D eigenvalue weighted by Crippen LogP contribution is 2.22. The first-order valence-electron chi connectivity index (χ1n) is 7.96. The third-order valence-electron chi connectivity index (χ3n) is 4.19. The molecule has 1 aliphatic rings. The quantitative estimate of drug-likeness (QED) is 0.652. The number of nitrogens with one attached hydrogen (secondary N) is 2. The van der Waals surface area contributed by atoms with Crippen molar-refractivity contribution in [1.29, 1.82) is 0 Å². The molecular weight excluding hydrogens is 312 g/mol. The first-order valence-corrected chi connectivity index (χ1v) is 8.84. The number of thioether (sulfide) groups is 1. The normalized spacial score (nSPS) is 16.2.